The molecule has 0 unspecified atom stereocenters. The van der Waals surface area contributed by atoms with Crippen LogP contribution in [0.4, 0.5) is 0 Å². The Hall–Kier alpha value is -2.28. The Labute approximate surface area is 122 Å². The summed E-state index contributed by atoms with van der Waals surface area (Å²) in [6, 6.07) is 2.38. The van der Waals surface area contributed by atoms with E-state index in [1.165, 1.54) is 21.3 Å². The number of benzene rings is 1. The Morgan fingerprint density at radius 3 is 2.05 bits per heavy atom. The van der Waals surface area contributed by atoms with E-state index in [0.29, 0.717) is 17.2 Å². The molecular formula is C14H19NO6. The van der Waals surface area contributed by atoms with Crippen LogP contribution in [0.1, 0.15) is 23.2 Å². The number of ketones is 1. The summed E-state index contributed by atoms with van der Waals surface area (Å²) < 4.78 is 15.5. The van der Waals surface area contributed by atoms with Gasteiger partial charge in [0, 0.05) is 24.5 Å². The molecule has 0 aliphatic carbocycles. The number of hydrogen-bond donors (Lipinski definition) is 1. The average Bonchev–Trinajstić information content (AvgIpc) is 2.50. The third-order valence-corrected chi connectivity index (χ3v) is 3.03. The second-order valence-corrected chi connectivity index (χ2v) is 4.38. The lowest BCUT2D eigenvalue weighted by Crippen LogP contribution is -2.65. The van der Waals surface area contributed by atoms with Crippen LogP contribution in [0.15, 0.2) is 12.1 Å². The minimum Gasteiger partial charge on any atom is -0.550 e. The first-order chi connectivity index (χ1) is 9.94. The summed E-state index contributed by atoms with van der Waals surface area (Å²) in [7, 11) is 4.33. The Kier molecular flexibility index (Phi) is 5.98. The van der Waals surface area contributed by atoms with E-state index < -0.39 is 12.0 Å². The van der Waals surface area contributed by atoms with Crippen LogP contribution in [0.5, 0.6) is 17.2 Å². The van der Waals surface area contributed by atoms with Gasteiger partial charge in [0.15, 0.2) is 0 Å². The second kappa shape index (κ2) is 7.49. The molecule has 0 bridgehead atoms. The minimum atomic E-state index is -1.22. The molecule has 1 atom stereocenters. The van der Waals surface area contributed by atoms with Crippen LogP contribution in [0, 0.1) is 0 Å². The fourth-order valence-electron chi connectivity index (χ4n) is 1.88. The first-order valence-corrected chi connectivity index (χ1v) is 6.31. The van der Waals surface area contributed by atoms with Gasteiger partial charge in [-0.05, 0) is 6.42 Å². The first kappa shape index (κ1) is 16.8. The van der Waals surface area contributed by atoms with E-state index in [4.69, 9.17) is 14.2 Å². The van der Waals surface area contributed by atoms with Crippen LogP contribution < -0.4 is 25.1 Å². The summed E-state index contributed by atoms with van der Waals surface area (Å²) in [5, 5.41) is 10.5. The van der Waals surface area contributed by atoms with Gasteiger partial charge in [0.25, 0.3) is 0 Å². The number of aliphatic carboxylic acids is 1. The molecule has 0 fully saturated rings. The van der Waals surface area contributed by atoms with Crippen LogP contribution >= 0.6 is 0 Å². The van der Waals surface area contributed by atoms with Gasteiger partial charge >= 0.3 is 0 Å². The standard InChI is InChI=1S/C14H19NO6/c1-19-8-6-10(20-2)13(11(7-8)21-3)14(18)9(15)4-5-12(16)17/h6-7,9H,4-5,15H2,1-3H3,(H,16,17)/t9-/m1/s1. The van der Waals surface area contributed by atoms with Gasteiger partial charge < -0.3 is 29.8 Å². The van der Waals surface area contributed by atoms with E-state index in [0.717, 1.165) is 0 Å². The quantitative estimate of drug-likeness (QED) is 0.618. The second-order valence-electron chi connectivity index (χ2n) is 4.38. The molecule has 7 heteroatoms. The summed E-state index contributed by atoms with van der Waals surface area (Å²) in [5.74, 6) is -0.509. The predicted octanol–water partition coefficient (Wildman–Crippen LogP) is -0.964. The van der Waals surface area contributed by atoms with Gasteiger partial charge in [-0.1, -0.05) is 0 Å². The van der Waals surface area contributed by atoms with Crippen molar-refractivity contribution in [2.24, 2.45) is 0 Å². The van der Waals surface area contributed by atoms with Crippen LogP contribution in [0.2, 0.25) is 0 Å². The molecular weight excluding hydrogens is 278 g/mol. The van der Waals surface area contributed by atoms with E-state index in [-0.39, 0.29) is 24.2 Å². The molecule has 0 aromatic heterocycles. The lowest BCUT2D eigenvalue weighted by molar-refractivity contribution is -0.401. The summed E-state index contributed by atoms with van der Waals surface area (Å²) in [5.41, 5.74) is 3.92. The molecule has 1 rings (SSSR count). The molecule has 0 aliphatic heterocycles. The third-order valence-electron chi connectivity index (χ3n) is 3.03. The topological polar surface area (TPSA) is 113 Å². The Balaban J connectivity index is 3.14. The van der Waals surface area contributed by atoms with E-state index in [1.54, 1.807) is 12.1 Å². The molecule has 1 aromatic rings. The summed E-state index contributed by atoms with van der Waals surface area (Å²) in [6.07, 6.45) is -0.153. The minimum absolute atomic E-state index is 0.0828. The maximum Gasteiger partial charge on any atom is 0.227 e. The highest BCUT2D eigenvalue weighted by molar-refractivity contribution is 6.04. The van der Waals surface area contributed by atoms with Crippen molar-refractivity contribution in [1.29, 1.82) is 0 Å². The van der Waals surface area contributed by atoms with Crippen molar-refractivity contribution in [3.63, 3.8) is 0 Å². The van der Waals surface area contributed by atoms with Crippen molar-refractivity contribution in [3.8, 4) is 17.2 Å². The van der Waals surface area contributed by atoms with Crippen molar-refractivity contribution < 1.29 is 34.6 Å². The van der Waals surface area contributed by atoms with E-state index >= 15 is 0 Å². The van der Waals surface area contributed by atoms with Crippen LogP contribution in [-0.2, 0) is 4.79 Å². The number of carboxylic acids is 1. The van der Waals surface area contributed by atoms with Gasteiger partial charge in [-0.3, -0.25) is 4.79 Å². The van der Waals surface area contributed by atoms with Crippen molar-refractivity contribution in [2.45, 2.75) is 18.9 Å². The number of carbonyl (C=O) groups is 2. The number of rotatable bonds is 8. The summed E-state index contributed by atoms with van der Waals surface area (Å²) in [4.78, 5) is 22.9. The van der Waals surface area contributed by atoms with Crippen LogP contribution in [0.3, 0.4) is 0 Å². The zero-order chi connectivity index (χ0) is 16.0. The lowest BCUT2D eigenvalue weighted by Gasteiger charge is -2.16. The fourth-order valence-corrected chi connectivity index (χ4v) is 1.88. The maximum atomic E-state index is 12.4. The average molecular weight is 297 g/mol. The number of carbonyl (C=O) groups excluding carboxylic acids is 2. The molecule has 0 heterocycles. The van der Waals surface area contributed by atoms with Gasteiger partial charge in [0.2, 0.25) is 5.78 Å². The molecule has 3 N–H and O–H groups in total. The predicted molar refractivity (Wildman–Crippen MR) is 71.3 cm³/mol. The number of carboxylic acid groups (broad SMARTS) is 1. The zero-order valence-corrected chi connectivity index (χ0v) is 12.3. The molecule has 0 radical (unpaired) electrons. The molecule has 116 valence electrons. The Morgan fingerprint density at radius 2 is 1.67 bits per heavy atom. The zero-order valence-electron chi connectivity index (χ0n) is 12.3. The molecule has 1 aromatic carbocycles. The van der Waals surface area contributed by atoms with Crippen LogP contribution in [-0.4, -0.2) is 39.1 Å². The number of quaternary nitrogens is 1. The van der Waals surface area contributed by atoms with Crippen molar-refractivity contribution in [2.75, 3.05) is 21.3 Å². The SMILES string of the molecule is COc1cc(OC)c(C(=O)[C@H]([NH3+])CCC(=O)[O-])c(OC)c1. The number of methoxy groups -OCH3 is 3. The van der Waals surface area contributed by atoms with Gasteiger partial charge in [-0.2, -0.15) is 0 Å². The van der Waals surface area contributed by atoms with Gasteiger partial charge in [0.05, 0.1) is 21.3 Å². The number of Topliss-reactive ketones (excluding diaryl/α,β-unsaturated/α-hetero) is 1. The molecule has 0 saturated heterocycles. The van der Waals surface area contributed by atoms with Crippen molar-refractivity contribution >= 4 is 11.8 Å². The number of ether oxygens (including phenoxy) is 3. The molecule has 7 nitrogen and oxygen atoms in total. The smallest absolute Gasteiger partial charge is 0.227 e. The van der Waals surface area contributed by atoms with E-state index in [1.807, 2.05) is 0 Å². The Bertz CT molecular complexity index is 503. The van der Waals surface area contributed by atoms with Crippen molar-refractivity contribution in [1.82, 2.24) is 0 Å². The van der Waals surface area contributed by atoms with E-state index in [2.05, 4.69) is 5.73 Å². The summed E-state index contributed by atoms with van der Waals surface area (Å²) >= 11 is 0. The summed E-state index contributed by atoms with van der Waals surface area (Å²) in [6.45, 7) is 0. The molecule has 21 heavy (non-hydrogen) atoms. The van der Waals surface area contributed by atoms with E-state index in [9.17, 15) is 14.7 Å². The first-order valence-electron chi connectivity index (χ1n) is 6.31. The highest BCUT2D eigenvalue weighted by atomic mass is 16.5. The van der Waals surface area contributed by atoms with Crippen molar-refractivity contribution in [3.05, 3.63) is 17.7 Å². The lowest BCUT2D eigenvalue weighted by atomic mass is 9.99. The van der Waals surface area contributed by atoms with Gasteiger partial charge in [-0.25, -0.2) is 0 Å². The molecule has 0 saturated carbocycles. The molecule has 0 aliphatic rings. The largest absolute Gasteiger partial charge is 0.550 e. The maximum absolute atomic E-state index is 12.4. The highest BCUT2D eigenvalue weighted by Crippen LogP contribution is 2.34. The van der Waals surface area contributed by atoms with Crippen LogP contribution in [0.25, 0.3) is 0 Å². The molecule has 0 spiro atoms. The monoisotopic (exact) mass is 297 g/mol. The normalized spacial score (nSPS) is 11.6. The molecule has 0 amide bonds. The number of hydrogen-bond acceptors (Lipinski definition) is 6. The highest BCUT2D eigenvalue weighted by Gasteiger charge is 2.27. The van der Waals surface area contributed by atoms with Gasteiger partial charge in [0.1, 0.15) is 28.9 Å². The fraction of sp³-hybridized carbons (Fsp3) is 0.429. The third kappa shape index (κ3) is 4.09. The Morgan fingerprint density at radius 1 is 1.14 bits per heavy atom. The van der Waals surface area contributed by atoms with Gasteiger partial charge in [-0.15, -0.1) is 0 Å².